The van der Waals surface area contributed by atoms with Crippen LogP contribution in [0.25, 0.3) is 0 Å². The number of hydrogen-bond acceptors (Lipinski definition) is 2. The summed E-state index contributed by atoms with van der Waals surface area (Å²) >= 11 is 2.14. The van der Waals surface area contributed by atoms with Crippen LogP contribution in [0.2, 0.25) is 0 Å². The van der Waals surface area contributed by atoms with E-state index in [1.54, 1.807) is 12.1 Å². The molecule has 1 saturated heterocycles. The van der Waals surface area contributed by atoms with E-state index in [1.165, 1.54) is 6.07 Å². The fourth-order valence-corrected chi connectivity index (χ4v) is 3.67. The Labute approximate surface area is 170 Å². The largest absolute Gasteiger partial charge is 0.416 e. The molecule has 2 aromatic carbocycles. The van der Waals surface area contributed by atoms with Gasteiger partial charge in [-0.15, -0.1) is 0 Å². The number of nitrogens with one attached hydrogen (secondary N) is 1. The second-order valence-electron chi connectivity index (χ2n) is 6.70. The molecule has 0 aromatic heterocycles. The number of anilines is 2. The fourth-order valence-electron chi connectivity index (χ4n) is 3.15. The first kappa shape index (κ1) is 20.0. The number of hydrogen-bond donors (Lipinski definition) is 1. The van der Waals surface area contributed by atoms with Crippen molar-refractivity contribution in [3.05, 3.63) is 56.7 Å². The van der Waals surface area contributed by atoms with Crippen LogP contribution in [-0.2, 0) is 6.18 Å². The van der Waals surface area contributed by atoms with E-state index < -0.39 is 17.6 Å². The van der Waals surface area contributed by atoms with Gasteiger partial charge >= 0.3 is 6.18 Å². The molecule has 1 aliphatic rings. The van der Waals surface area contributed by atoms with Gasteiger partial charge in [-0.3, -0.25) is 4.79 Å². The number of alkyl halides is 3. The van der Waals surface area contributed by atoms with Gasteiger partial charge in [0.2, 0.25) is 0 Å². The van der Waals surface area contributed by atoms with E-state index in [0.29, 0.717) is 11.3 Å². The Balaban J connectivity index is 1.94. The molecule has 7 heteroatoms. The zero-order chi connectivity index (χ0) is 19.6. The SMILES string of the molecule is Cc1ccc(C(=O)Nc2cc(C(F)(F)F)ccc2N2CCCCC2)cc1I. The Morgan fingerprint density at radius 1 is 1.07 bits per heavy atom. The lowest BCUT2D eigenvalue weighted by Gasteiger charge is -2.31. The standard InChI is InChI=1S/C20H20F3IN2O/c1-13-5-6-14(11-16(13)24)19(27)25-17-12-15(20(21,22)23)7-8-18(17)26-9-3-2-4-10-26/h5-8,11-12H,2-4,9-10H2,1H3,(H,25,27). The minimum atomic E-state index is -4.46. The lowest BCUT2D eigenvalue weighted by molar-refractivity contribution is -0.137. The van der Waals surface area contributed by atoms with Crippen molar-refractivity contribution >= 4 is 39.9 Å². The van der Waals surface area contributed by atoms with Gasteiger partial charge in [0.1, 0.15) is 0 Å². The van der Waals surface area contributed by atoms with Crippen molar-refractivity contribution in [2.45, 2.75) is 32.4 Å². The van der Waals surface area contributed by atoms with E-state index in [4.69, 9.17) is 0 Å². The van der Waals surface area contributed by atoms with Crippen molar-refractivity contribution in [1.29, 1.82) is 0 Å². The number of halogens is 4. The average molecular weight is 488 g/mol. The molecule has 1 fully saturated rings. The number of amides is 1. The number of carbonyl (C=O) groups excluding carboxylic acids is 1. The molecule has 0 radical (unpaired) electrons. The van der Waals surface area contributed by atoms with Gasteiger partial charge in [0.25, 0.3) is 5.91 Å². The molecule has 1 amide bonds. The summed E-state index contributed by atoms with van der Waals surface area (Å²) in [6.07, 6.45) is -1.37. The summed E-state index contributed by atoms with van der Waals surface area (Å²) in [7, 11) is 0. The third-order valence-electron chi connectivity index (χ3n) is 4.70. The third kappa shape index (κ3) is 4.75. The summed E-state index contributed by atoms with van der Waals surface area (Å²) in [5, 5.41) is 2.70. The molecule has 0 atom stereocenters. The van der Waals surface area contributed by atoms with Crippen LogP contribution in [0.15, 0.2) is 36.4 Å². The van der Waals surface area contributed by atoms with E-state index in [2.05, 4.69) is 27.9 Å². The number of benzene rings is 2. The van der Waals surface area contributed by atoms with Crippen molar-refractivity contribution in [2.75, 3.05) is 23.3 Å². The first-order valence-corrected chi connectivity index (χ1v) is 9.87. The molecule has 1 heterocycles. The summed E-state index contributed by atoms with van der Waals surface area (Å²) in [6.45, 7) is 3.48. The molecule has 2 aromatic rings. The van der Waals surface area contributed by atoms with Crippen molar-refractivity contribution in [3.63, 3.8) is 0 Å². The molecular weight excluding hydrogens is 468 g/mol. The molecule has 3 rings (SSSR count). The van der Waals surface area contributed by atoms with Crippen LogP contribution in [0.5, 0.6) is 0 Å². The molecule has 0 saturated carbocycles. The van der Waals surface area contributed by atoms with Crippen LogP contribution < -0.4 is 10.2 Å². The predicted molar refractivity (Wildman–Crippen MR) is 109 cm³/mol. The van der Waals surface area contributed by atoms with Crippen molar-refractivity contribution < 1.29 is 18.0 Å². The summed E-state index contributed by atoms with van der Waals surface area (Å²) in [4.78, 5) is 14.7. The highest BCUT2D eigenvalue weighted by atomic mass is 127. The zero-order valence-corrected chi connectivity index (χ0v) is 17.0. The summed E-state index contributed by atoms with van der Waals surface area (Å²) < 4.78 is 40.4. The molecule has 0 spiro atoms. The minimum Gasteiger partial charge on any atom is -0.370 e. The number of piperidine rings is 1. The molecule has 3 nitrogen and oxygen atoms in total. The van der Waals surface area contributed by atoms with Gasteiger partial charge in [0.05, 0.1) is 16.9 Å². The zero-order valence-electron chi connectivity index (χ0n) is 14.9. The smallest absolute Gasteiger partial charge is 0.370 e. The van der Waals surface area contributed by atoms with Crippen LogP contribution in [0.1, 0.15) is 40.7 Å². The maximum absolute atomic E-state index is 13.2. The molecule has 27 heavy (non-hydrogen) atoms. The second kappa shape index (κ2) is 8.08. The van der Waals surface area contributed by atoms with Gasteiger partial charge in [0.15, 0.2) is 0 Å². The monoisotopic (exact) mass is 488 g/mol. The van der Waals surface area contributed by atoms with Gasteiger partial charge in [-0.05, 0) is 84.7 Å². The number of rotatable bonds is 3. The van der Waals surface area contributed by atoms with E-state index >= 15 is 0 Å². The fraction of sp³-hybridized carbons (Fsp3) is 0.350. The minimum absolute atomic E-state index is 0.201. The highest BCUT2D eigenvalue weighted by molar-refractivity contribution is 14.1. The van der Waals surface area contributed by atoms with Gasteiger partial charge in [-0.2, -0.15) is 13.2 Å². The Bertz CT molecular complexity index is 846. The lowest BCUT2D eigenvalue weighted by Crippen LogP contribution is -2.30. The highest BCUT2D eigenvalue weighted by Gasteiger charge is 2.32. The number of aryl methyl sites for hydroxylation is 1. The molecule has 0 aliphatic carbocycles. The molecular formula is C20H20F3IN2O. The Morgan fingerprint density at radius 2 is 1.78 bits per heavy atom. The molecule has 1 aliphatic heterocycles. The van der Waals surface area contributed by atoms with E-state index in [1.807, 2.05) is 17.9 Å². The number of nitrogens with zero attached hydrogens (tertiary/aromatic N) is 1. The topological polar surface area (TPSA) is 32.3 Å². The molecule has 144 valence electrons. The third-order valence-corrected chi connectivity index (χ3v) is 5.87. The van der Waals surface area contributed by atoms with Crippen molar-refractivity contribution in [2.24, 2.45) is 0 Å². The van der Waals surface area contributed by atoms with Crippen LogP contribution in [0.4, 0.5) is 24.5 Å². The maximum Gasteiger partial charge on any atom is 0.416 e. The lowest BCUT2D eigenvalue weighted by atomic mass is 10.1. The van der Waals surface area contributed by atoms with Gasteiger partial charge in [-0.1, -0.05) is 6.07 Å². The average Bonchev–Trinajstić information content (AvgIpc) is 2.64. The second-order valence-corrected chi connectivity index (χ2v) is 7.86. The van der Waals surface area contributed by atoms with Crippen molar-refractivity contribution in [3.8, 4) is 0 Å². The van der Waals surface area contributed by atoms with Crippen LogP contribution in [0, 0.1) is 10.5 Å². The maximum atomic E-state index is 13.2. The van der Waals surface area contributed by atoms with E-state index in [-0.39, 0.29) is 5.69 Å². The summed E-state index contributed by atoms with van der Waals surface area (Å²) in [5.41, 5.74) is 1.54. The first-order chi connectivity index (χ1) is 12.8. The van der Waals surface area contributed by atoms with Gasteiger partial charge in [-0.25, -0.2) is 0 Å². The normalized spacial score (nSPS) is 14.9. The van der Waals surface area contributed by atoms with E-state index in [9.17, 15) is 18.0 Å². The van der Waals surface area contributed by atoms with Crippen LogP contribution >= 0.6 is 22.6 Å². The first-order valence-electron chi connectivity index (χ1n) is 8.79. The van der Waals surface area contributed by atoms with Gasteiger partial charge < -0.3 is 10.2 Å². The molecule has 0 unspecified atom stereocenters. The Kier molecular flexibility index (Phi) is 5.98. The summed E-state index contributed by atoms with van der Waals surface area (Å²) in [5.74, 6) is -0.412. The molecule has 0 bridgehead atoms. The van der Waals surface area contributed by atoms with Crippen LogP contribution in [-0.4, -0.2) is 19.0 Å². The summed E-state index contributed by atoms with van der Waals surface area (Å²) in [6, 6.07) is 8.81. The predicted octanol–water partition coefficient (Wildman–Crippen LogP) is 5.86. The molecule has 1 N–H and O–H groups in total. The van der Waals surface area contributed by atoms with Crippen LogP contribution in [0.3, 0.4) is 0 Å². The highest BCUT2D eigenvalue weighted by Crippen LogP contribution is 2.36. The van der Waals surface area contributed by atoms with E-state index in [0.717, 1.165) is 53.6 Å². The quantitative estimate of drug-likeness (QED) is 0.549. The van der Waals surface area contributed by atoms with Gasteiger partial charge in [0, 0.05) is 22.2 Å². The Hall–Kier alpha value is -1.77. The van der Waals surface area contributed by atoms with Crippen molar-refractivity contribution in [1.82, 2.24) is 0 Å². The Morgan fingerprint density at radius 3 is 2.41 bits per heavy atom. The number of carbonyl (C=O) groups is 1.